The molecule has 7 nitrogen and oxygen atoms in total. The van der Waals surface area contributed by atoms with E-state index in [4.69, 9.17) is 5.11 Å². The zero-order valence-corrected chi connectivity index (χ0v) is 10.5. The molecule has 0 radical (unpaired) electrons. The molecule has 2 rings (SSSR count). The summed E-state index contributed by atoms with van der Waals surface area (Å²) in [7, 11) is 3.77. The molecule has 19 heavy (non-hydrogen) atoms. The maximum atomic E-state index is 11.9. The van der Waals surface area contributed by atoms with E-state index in [1.807, 2.05) is 19.0 Å². The Labute approximate surface area is 108 Å². The fourth-order valence-corrected chi connectivity index (χ4v) is 1.78. The van der Waals surface area contributed by atoms with E-state index in [-0.39, 0.29) is 5.65 Å². The van der Waals surface area contributed by atoms with Crippen molar-refractivity contribution in [3.05, 3.63) is 39.9 Å². The van der Waals surface area contributed by atoms with Crippen molar-refractivity contribution in [1.82, 2.24) is 14.3 Å². The van der Waals surface area contributed by atoms with Gasteiger partial charge in [0, 0.05) is 12.7 Å². The standard InChI is InChI=1S/C12H13N3O4/c1-14(2)5-7-3-4-8-13-9(12(18)19)10(16)11(17)15(8)6-7/h3-4,6,16H,5H2,1-2H3,(H,18,19). The number of hydrogen-bond donors (Lipinski definition) is 2. The van der Waals surface area contributed by atoms with Gasteiger partial charge in [0.05, 0.1) is 0 Å². The van der Waals surface area contributed by atoms with Gasteiger partial charge in [-0.2, -0.15) is 0 Å². The molecular weight excluding hydrogens is 250 g/mol. The van der Waals surface area contributed by atoms with Gasteiger partial charge in [-0.05, 0) is 25.7 Å². The lowest BCUT2D eigenvalue weighted by Gasteiger charge is -2.11. The van der Waals surface area contributed by atoms with Crippen LogP contribution in [0.4, 0.5) is 0 Å². The molecule has 2 heterocycles. The lowest BCUT2D eigenvalue weighted by Crippen LogP contribution is -2.20. The van der Waals surface area contributed by atoms with E-state index in [0.717, 1.165) is 9.96 Å². The summed E-state index contributed by atoms with van der Waals surface area (Å²) in [4.78, 5) is 28.4. The van der Waals surface area contributed by atoms with Crippen molar-refractivity contribution in [2.24, 2.45) is 0 Å². The van der Waals surface area contributed by atoms with E-state index in [2.05, 4.69) is 4.98 Å². The highest BCUT2D eigenvalue weighted by atomic mass is 16.4. The first-order chi connectivity index (χ1) is 8.90. The SMILES string of the molecule is CN(C)Cc1ccc2nc(C(=O)O)c(O)c(=O)n2c1. The molecule has 0 aliphatic carbocycles. The van der Waals surface area contributed by atoms with Crippen molar-refractivity contribution in [2.45, 2.75) is 6.54 Å². The quantitative estimate of drug-likeness (QED) is 0.819. The number of carboxylic acids is 1. The number of carboxylic acid groups (broad SMARTS) is 1. The number of aromatic carboxylic acids is 1. The molecule has 0 aliphatic heterocycles. The maximum absolute atomic E-state index is 11.9. The summed E-state index contributed by atoms with van der Waals surface area (Å²) in [5.74, 6) is -2.29. The van der Waals surface area contributed by atoms with Crippen molar-refractivity contribution >= 4 is 11.6 Å². The van der Waals surface area contributed by atoms with Crippen LogP contribution in [0.1, 0.15) is 16.1 Å². The Morgan fingerprint density at radius 3 is 2.68 bits per heavy atom. The predicted molar refractivity (Wildman–Crippen MR) is 67.5 cm³/mol. The summed E-state index contributed by atoms with van der Waals surface area (Å²) in [5.41, 5.74) is -0.389. The second-order valence-electron chi connectivity index (χ2n) is 4.42. The summed E-state index contributed by atoms with van der Waals surface area (Å²) < 4.78 is 1.14. The smallest absolute Gasteiger partial charge is 0.358 e. The van der Waals surface area contributed by atoms with Crippen LogP contribution in [0, 0.1) is 0 Å². The van der Waals surface area contributed by atoms with Crippen molar-refractivity contribution in [3.63, 3.8) is 0 Å². The van der Waals surface area contributed by atoms with Crippen molar-refractivity contribution in [3.8, 4) is 5.75 Å². The van der Waals surface area contributed by atoms with Crippen molar-refractivity contribution < 1.29 is 15.0 Å². The summed E-state index contributed by atoms with van der Waals surface area (Å²) in [5, 5.41) is 18.4. The van der Waals surface area contributed by atoms with Gasteiger partial charge in [0.1, 0.15) is 5.65 Å². The fourth-order valence-electron chi connectivity index (χ4n) is 1.78. The second-order valence-corrected chi connectivity index (χ2v) is 4.42. The molecule has 0 amide bonds. The maximum Gasteiger partial charge on any atom is 0.358 e. The summed E-state index contributed by atoms with van der Waals surface area (Å²) >= 11 is 0. The molecule has 7 heteroatoms. The number of aromatic hydroxyl groups is 1. The minimum absolute atomic E-state index is 0.183. The van der Waals surface area contributed by atoms with E-state index in [1.54, 1.807) is 12.1 Å². The van der Waals surface area contributed by atoms with Gasteiger partial charge in [-0.25, -0.2) is 9.78 Å². The molecule has 0 saturated carbocycles. The Kier molecular flexibility index (Phi) is 3.22. The number of pyridine rings is 1. The van der Waals surface area contributed by atoms with Crippen molar-refractivity contribution in [2.75, 3.05) is 14.1 Å². The Bertz CT molecular complexity index is 706. The van der Waals surface area contributed by atoms with Crippen LogP contribution in [0.2, 0.25) is 0 Å². The van der Waals surface area contributed by atoms with Crippen LogP contribution in [0.25, 0.3) is 5.65 Å². The van der Waals surface area contributed by atoms with Gasteiger partial charge in [0.25, 0.3) is 0 Å². The van der Waals surface area contributed by atoms with E-state index in [1.165, 1.54) is 6.20 Å². The van der Waals surface area contributed by atoms with Crippen LogP contribution in [0.3, 0.4) is 0 Å². The number of rotatable bonds is 3. The number of hydrogen-bond acceptors (Lipinski definition) is 5. The average Bonchev–Trinajstić information content (AvgIpc) is 2.33. The van der Waals surface area contributed by atoms with E-state index < -0.39 is 23.0 Å². The predicted octanol–water partition coefficient (Wildman–Crippen LogP) is 0.160. The minimum atomic E-state index is -1.44. The molecule has 2 aromatic heterocycles. The first-order valence-electron chi connectivity index (χ1n) is 5.52. The zero-order valence-electron chi connectivity index (χ0n) is 10.5. The molecule has 0 aliphatic rings. The third kappa shape index (κ3) is 2.41. The molecule has 0 aromatic carbocycles. The van der Waals surface area contributed by atoms with Crippen LogP contribution in [-0.4, -0.2) is 44.6 Å². The monoisotopic (exact) mass is 263 g/mol. The molecular formula is C12H13N3O4. The van der Waals surface area contributed by atoms with Gasteiger partial charge in [0.2, 0.25) is 5.75 Å². The Morgan fingerprint density at radius 1 is 1.42 bits per heavy atom. The van der Waals surface area contributed by atoms with Gasteiger partial charge in [-0.1, -0.05) is 6.07 Å². The zero-order chi connectivity index (χ0) is 14.2. The number of carbonyl (C=O) groups is 1. The lowest BCUT2D eigenvalue weighted by molar-refractivity contribution is 0.0686. The van der Waals surface area contributed by atoms with E-state index in [0.29, 0.717) is 6.54 Å². The lowest BCUT2D eigenvalue weighted by atomic mass is 10.2. The molecule has 0 bridgehead atoms. The van der Waals surface area contributed by atoms with Crippen LogP contribution < -0.4 is 5.56 Å². The molecule has 0 atom stereocenters. The van der Waals surface area contributed by atoms with Gasteiger partial charge in [-0.15, -0.1) is 0 Å². The van der Waals surface area contributed by atoms with Gasteiger partial charge in [0.15, 0.2) is 5.69 Å². The Morgan fingerprint density at radius 2 is 2.11 bits per heavy atom. The molecule has 2 aromatic rings. The minimum Gasteiger partial charge on any atom is -0.501 e. The van der Waals surface area contributed by atoms with Crippen LogP contribution in [-0.2, 0) is 6.54 Å². The highest BCUT2D eigenvalue weighted by Gasteiger charge is 2.17. The van der Waals surface area contributed by atoms with Crippen LogP contribution >= 0.6 is 0 Å². The second kappa shape index (κ2) is 4.69. The summed E-state index contributed by atoms with van der Waals surface area (Å²) in [6.45, 7) is 0.615. The first-order valence-corrected chi connectivity index (χ1v) is 5.52. The summed E-state index contributed by atoms with van der Waals surface area (Å²) in [6, 6.07) is 3.30. The molecule has 100 valence electrons. The van der Waals surface area contributed by atoms with Crippen molar-refractivity contribution in [1.29, 1.82) is 0 Å². The van der Waals surface area contributed by atoms with Gasteiger partial charge >= 0.3 is 11.5 Å². The Balaban J connectivity index is 2.68. The number of fused-ring (bicyclic) bond motifs is 1. The molecule has 0 spiro atoms. The first kappa shape index (κ1) is 13.0. The third-order valence-electron chi connectivity index (χ3n) is 2.56. The molecule has 0 saturated heterocycles. The molecule has 2 N–H and O–H groups in total. The Hall–Kier alpha value is -2.41. The topological polar surface area (TPSA) is 95.1 Å². The molecule has 0 fully saturated rings. The largest absolute Gasteiger partial charge is 0.501 e. The van der Waals surface area contributed by atoms with Crippen LogP contribution in [0.5, 0.6) is 5.75 Å². The normalized spacial score (nSPS) is 11.1. The fraction of sp³-hybridized carbons (Fsp3) is 0.250. The van der Waals surface area contributed by atoms with Gasteiger partial charge in [-0.3, -0.25) is 9.20 Å². The number of nitrogens with zero attached hydrogens (tertiary/aromatic N) is 3. The van der Waals surface area contributed by atoms with Gasteiger partial charge < -0.3 is 15.1 Å². The van der Waals surface area contributed by atoms with E-state index >= 15 is 0 Å². The molecule has 0 unspecified atom stereocenters. The third-order valence-corrected chi connectivity index (χ3v) is 2.56. The average molecular weight is 263 g/mol. The summed E-state index contributed by atoms with van der Waals surface area (Å²) in [6.07, 6.45) is 1.54. The highest BCUT2D eigenvalue weighted by Crippen LogP contribution is 2.12. The highest BCUT2D eigenvalue weighted by molar-refractivity contribution is 5.88. The van der Waals surface area contributed by atoms with E-state index in [9.17, 15) is 14.7 Å². The van der Waals surface area contributed by atoms with Crippen LogP contribution in [0.15, 0.2) is 23.1 Å². The number of aromatic nitrogens is 2.